The fraction of sp³-hybridized carbons (Fsp3) is 0.714. The molecule has 3 rings (SSSR count). The van der Waals surface area contributed by atoms with Gasteiger partial charge in [0.2, 0.25) is 5.91 Å². The largest absolute Gasteiger partial charge is 0.316 e. The van der Waals surface area contributed by atoms with Gasteiger partial charge < -0.3 is 10.2 Å². The van der Waals surface area contributed by atoms with Crippen LogP contribution in [0, 0.1) is 5.41 Å². The maximum atomic E-state index is 12.3. The molecule has 1 atom stereocenters. The summed E-state index contributed by atoms with van der Waals surface area (Å²) < 4.78 is 1.74. The Morgan fingerprint density at radius 3 is 2.90 bits per heavy atom. The summed E-state index contributed by atoms with van der Waals surface area (Å²) >= 11 is 0. The summed E-state index contributed by atoms with van der Waals surface area (Å²) in [6.45, 7) is 7.69. The van der Waals surface area contributed by atoms with Gasteiger partial charge in [-0.1, -0.05) is 6.92 Å². The number of amides is 1. The lowest BCUT2D eigenvalue weighted by Crippen LogP contribution is -2.53. The zero-order valence-corrected chi connectivity index (χ0v) is 12.3. The Kier molecular flexibility index (Phi) is 3.52. The number of carbonyl (C=O) groups is 1. The molecule has 2 saturated heterocycles. The van der Waals surface area contributed by atoms with Crippen molar-refractivity contribution in [3.8, 4) is 0 Å². The lowest BCUT2D eigenvalue weighted by Gasteiger charge is -2.37. The second kappa shape index (κ2) is 5.18. The van der Waals surface area contributed by atoms with Crippen LogP contribution in [0.25, 0.3) is 0 Å². The van der Waals surface area contributed by atoms with E-state index in [4.69, 9.17) is 0 Å². The van der Waals surface area contributed by atoms with Crippen LogP contribution in [0.3, 0.4) is 0 Å². The van der Waals surface area contributed by atoms with Crippen molar-refractivity contribution in [1.29, 1.82) is 0 Å². The monoisotopic (exact) mass is 277 g/mol. The van der Waals surface area contributed by atoms with Crippen molar-refractivity contribution in [2.75, 3.05) is 44.2 Å². The van der Waals surface area contributed by atoms with Crippen LogP contribution in [-0.4, -0.2) is 59.9 Å². The van der Waals surface area contributed by atoms with Crippen LogP contribution < -0.4 is 10.2 Å². The van der Waals surface area contributed by atoms with E-state index in [1.54, 1.807) is 10.9 Å². The first kappa shape index (κ1) is 13.6. The summed E-state index contributed by atoms with van der Waals surface area (Å²) in [6, 6.07) is 0. The average molecular weight is 277 g/mol. The maximum Gasteiger partial charge on any atom is 0.241 e. The molecule has 1 unspecified atom stereocenters. The number of aromatic nitrogens is 2. The van der Waals surface area contributed by atoms with Gasteiger partial charge in [-0.2, -0.15) is 5.10 Å². The van der Waals surface area contributed by atoms with Crippen molar-refractivity contribution in [2.45, 2.75) is 13.3 Å². The number of piperazine rings is 1. The van der Waals surface area contributed by atoms with E-state index in [0.717, 1.165) is 38.4 Å². The van der Waals surface area contributed by atoms with Crippen molar-refractivity contribution >= 4 is 11.6 Å². The molecule has 0 saturated carbocycles. The zero-order valence-electron chi connectivity index (χ0n) is 12.3. The second-order valence-electron chi connectivity index (χ2n) is 6.37. The van der Waals surface area contributed by atoms with Crippen LogP contribution in [0.2, 0.25) is 0 Å². The van der Waals surface area contributed by atoms with Crippen molar-refractivity contribution in [3.05, 3.63) is 12.4 Å². The quantitative estimate of drug-likeness (QED) is 0.849. The molecule has 2 fully saturated rings. The molecular weight excluding hydrogens is 254 g/mol. The summed E-state index contributed by atoms with van der Waals surface area (Å²) in [7, 11) is 1.87. The van der Waals surface area contributed by atoms with Crippen LogP contribution >= 0.6 is 0 Å². The molecule has 1 N–H and O–H groups in total. The number of anilines is 1. The first-order valence-corrected chi connectivity index (χ1v) is 7.28. The molecule has 6 heteroatoms. The third kappa shape index (κ3) is 2.71. The molecule has 110 valence electrons. The molecule has 0 aliphatic carbocycles. The van der Waals surface area contributed by atoms with E-state index in [1.807, 2.05) is 18.1 Å². The predicted octanol–water partition coefficient (Wildman–Crippen LogP) is 0.0683. The summed E-state index contributed by atoms with van der Waals surface area (Å²) in [6.07, 6.45) is 4.86. The number of nitrogens with one attached hydrogen (secondary N) is 1. The molecule has 0 bridgehead atoms. The first-order valence-electron chi connectivity index (χ1n) is 7.28. The minimum Gasteiger partial charge on any atom is -0.316 e. The van der Waals surface area contributed by atoms with Gasteiger partial charge in [0.05, 0.1) is 18.4 Å². The van der Waals surface area contributed by atoms with Gasteiger partial charge in [-0.25, -0.2) is 0 Å². The number of nitrogens with zero attached hydrogens (tertiary/aromatic N) is 4. The maximum absolute atomic E-state index is 12.3. The van der Waals surface area contributed by atoms with Crippen LogP contribution in [0.4, 0.5) is 5.69 Å². The van der Waals surface area contributed by atoms with Gasteiger partial charge in [-0.3, -0.25) is 14.4 Å². The molecule has 2 aliphatic heterocycles. The fourth-order valence-electron chi connectivity index (χ4n) is 3.22. The number of hydrogen-bond acceptors (Lipinski definition) is 4. The van der Waals surface area contributed by atoms with Crippen molar-refractivity contribution < 1.29 is 4.79 Å². The Balaban J connectivity index is 1.60. The molecule has 2 aliphatic rings. The smallest absolute Gasteiger partial charge is 0.241 e. The molecule has 3 heterocycles. The number of aryl methyl sites for hydroxylation is 1. The fourth-order valence-corrected chi connectivity index (χ4v) is 3.22. The van der Waals surface area contributed by atoms with Gasteiger partial charge in [0, 0.05) is 39.4 Å². The topological polar surface area (TPSA) is 53.4 Å². The van der Waals surface area contributed by atoms with Crippen molar-refractivity contribution in [3.63, 3.8) is 0 Å². The van der Waals surface area contributed by atoms with Gasteiger partial charge in [0.25, 0.3) is 0 Å². The molecule has 20 heavy (non-hydrogen) atoms. The molecule has 1 aromatic heterocycles. The zero-order chi connectivity index (χ0) is 14.2. The Morgan fingerprint density at radius 2 is 2.30 bits per heavy atom. The summed E-state index contributed by atoms with van der Waals surface area (Å²) in [5.74, 6) is 0.179. The van der Waals surface area contributed by atoms with E-state index in [-0.39, 0.29) is 5.91 Å². The van der Waals surface area contributed by atoms with Gasteiger partial charge in [-0.05, 0) is 18.4 Å². The molecular formula is C14H23N5O. The minimum absolute atomic E-state index is 0.179. The third-order valence-corrected chi connectivity index (χ3v) is 4.37. The lowest BCUT2D eigenvalue weighted by molar-refractivity contribution is -0.121. The van der Waals surface area contributed by atoms with Crippen LogP contribution in [0.5, 0.6) is 0 Å². The summed E-state index contributed by atoms with van der Waals surface area (Å²) in [4.78, 5) is 16.5. The first-order chi connectivity index (χ1) is 9.56. The number of hydrogen-bond donors (Lipinski definition) is 1. The Labute approximate surface area is 119 Å². The lowest BCUT2D eigenvalue weighted by atomic mass is 9.89. The van der Waals surface area contributed by atoms with Crippen molar-refractivity contribution in [1.82, 2.24) is 20.0 Å². The highest BCUT2D eigenvalue weighted by atomic mass is 16.2. The van der Waals surface area contributed by atoms with Crippen LogP contribution in [0.15, 0.2) is 12.4 Å². The highest BCUT2D eigenvalue weighted by Crippen LogP contribution is 2.26. The van der Waals surface area contributed by atoms with Crippen LogP contribution in [0.1, 0.15) is 13.3 Å². The van der Waals surface area contributed by atoms with E-state index in [0.29, 0.717) is 12.0 Å². The number of rotatable bonds is 3. The standard InChI is InChI=1S/C14H23N5O/c1-14(3-4-15-10-14)11-18-5-6-19(13(20)9-18)12-7-16-17(2)8-12/h7-8,15H,3-6,9-11H2,1-2H3. The van der Waals surface area contributed by atoms with E-state index in [9.17, 15) is 4.79 Å². The average Bonchev–Trinajstić information content (AvgIpc) is 2.99. The normalized spacial score (nSPS) is 28.3. The minimum atomic E-state index is 0.179. The number of carbonyl (C=O) groups excluding carboxylic acids is 1. The summed E-state index contributed by atoms with van der Waals surface area (Å²) in [5, 5.41) is 7.56. The van der Waals surface area contributed by atoms with Crippen molar-refractivity contribution in [2.24, 2.45) is 12.5 Å². The van der Waals surface area contributed by atoms with E-state index in [2.05, 4.69) is 22.2 Å². The molecule has 6 nitrogen and oxygen atoms in total. The molecule has 1 aromatic rings. The molecule has 0 aromatic carbocycles. The Hall–Kier alpha value is -1.40. The highest BCUT2D eigenvalue weighted by Gasteiger charge is 2.34. The Morgan fingerprint density at radius 1 is 1.45 bits per heavy atom. The third-order valence-electron chi connectivity index (χ3n) is 4.37. The van der Waals surface area contributed by atoms with E-state index in [1.165, 1.54) is 6.42 Å². The van der Waals surface area contributed by atoms with Crippen LogP contribution in [-0.2, 0) is 11.8 Å². The second-order valence-corrected chi connectivity index (χ2v) is 6.37. The van der Waals surface area contributed by atoms with Gasteiger partial charge in [0.15, 0.2) is 0 Å². The Bertz CT molecular complexity index is 492. The van der Waals surface area contributed by atoms with Gasteiger partial charge in [0.1, 0.15) is 0 Å². The van der Waals surface area contributed by atoms with Gasteiger partial charge >= 0.3 is 0 Å². The van der Waals surface area contributed by atoms with E-state index >= 15 is 0 Å². The van der Waals surface area contributed by atoms with Gasteiger partial charge in [-0.15, -0.1) is 0 Å². The molecule has 0 radical (unpaired) electrons. The van der Waals surface area contributed by atoms with E-state index < -0.39 is 0 Å². The summed E-state index contributed by atoms with van der Waals surface area (Å²) in [5.41, 5.74) is 1.22. The predicted molar refractivity (Wildman–Crippen MR) is 77.6 cm³/mol. The highest BCUT2D eigenvalue weighted by molar-refractivity contribution is 5.95. The molecule has 1 amide bonds. The SMILES string of the molecule is Cn1cc(N2CCN(CC3(C)CCNC3)CC2=O)cn1. The molecule has 0 spiro atoms.